The second-order valence-electron chi connectivity index (χ2n) is 4.23. The monoisotopic (exact) mass is 317 g/mol. The van der Waals surface area contributed by atoms with Crippen LogP contribution in [0, 0.1) is 5.82 Å². The topological polar surface area (TPSA) is 26.0 Å². The molecule has 5 heteroatoms. The van der Waals surface area contributed by atoms with E-state index in [0.29, 0.717) is 16.5 Å². The molecule has 0 aliphatic heterocycles. The van der Waals surface area contributed by atoms with Crippen molar-refractivity contribution in [2.45, 2.75) is 12.5 Å². The normalized spacial score (nSPS) is 12.5. The zero-order chi connectivity index (χ0) is 14.0. The van der Waals surface area contributed by atoms with Gasteiger partial charge in [0.1, 0.15) is 5.82 Å². The summed E-state index contributed by atoms with van der Waals surface area (Å²) in [5.41, 5.74) is 7.81. The fourth-order valence-electron chi connectivity index (χ4n) is 1.78. The first-order valence-electron chi connectivity index (χ1n) is 5.62. The molecule has 2 aromatic carbocycles. The molecule has 0 spiro atoms. The molecule has 2 aromatic rings. The Morgan fingerprint density at radius 1 is 0.947 bits per heavy atom. The van der Waals surface area contributed by atoms with Gasteiger partial charge in [-0.3, -0.25) is 0 Å². The van der Waals surface area contributed by atoms with Gasteiger partial charge in [-0.15, -0.1) is 0 Å². The molecule has 100 valence electrons. The zero-order valence-corrected chi connectivity index (χ0v) is 12.1. The molecule has 0 radical (unpaired) electrons. The summed E-state index contributed by atoms with van der Waals surface area (Å²) in [6.45, 7) is 0. The highest BCUT2D eigenvalue weighted by molar-refractivity contribution is 6.42. The molecule has 0 saturated carbocycles. The first-order valence-corrected chi connectivity index (χ1v) is 6.75. The Balaban J connectivity index is 2.17. The molecule has 0 heterocycles. The molecule has 2 rings (SSSR count). The number of rotatable bonds is 3. The van der Waals surface area contributed by atoms with Crippen molar-refractivity contribution in [1.82, 2.24) is 0 Å². The van der Waals surface area contributed by atoms with Gasteiger partial charge in [0.2, 0.25) is 0 Å². The molecule has 19 heavy (non-hydrogen) atoms. The lowest BCUT2D eigenvalue weighted by Gasteiger charge is -2.13. The summed E-state index contributed by atoms with van der Waals surface area (Å²) in [6, 6.07) is 9.56. The number of hydrogen-bond acceptors (Lipinski definition) is 1. The Morgan fingerprint density at radius 2 is 1.68 bits per heavy atom. The maximum absolute atomic E-state index is 13.1. The van der Waals surface area contributed by atoms with E-state index < -0.39 is 5.82 Å². The third-order valence-corrected chi connectivity index (χ3v) is 3.84. The van der Waals surface area contributed by atoms with E-state index in [2.05, 4.69) is 0 Å². The van der Waals surface area contributed by atoms with Gasteiger partial charge in [0.05, 0.1) is 15.1 Å². The maximum Gasteiger partial charge on any atom is 0.141 e. The third kappa shape index (κ3) is 3.61. The molecule has 0 aliphatic carbocycles. The van der Waals surface area contributed by atoms with E-state index in [1.165, 1.54) is 6.07 Å². The lowest BCUT2D eigenvalue weighted by Crippen LogP contribution is -2.13. The van der Waals surface area contributed by atoms with Crippen molar-refractivity contribution in [2.24, 2.45) is 5.73 Å². The van der Waals surface area contributed by atoms with Gasteiger partial charge in [-0.2, -0.15) is 0 Å². The molecular formula is C14H11Cl3FN. The van der Waals surface area contributed by atoms with E-state index in [9.17, 15) is 4.39 Å². The van der Waals surface area contributed by atoms with Crippen LogP contribution in [-0.4, -0.2) is 0 Å². The number of benzene rings is 2. The van der Waals surface area contributed by atoms with Crippen LogP contribution in [-0.2, 0) is 6.42 Å². The predicted molar refractivity (Wildman–Crippen MR) is 78.5 cm³/mol. The van der Waals surface area contributed by atoms with Gasteiger partial charge < -0.3 is 5.73 Å². The van der Waals surface area contributed by atoms with E-state index in [-0.39, 0.29) is 11.1 Å². The molecule has 0 fully saturated rings. The van der Waals surface area contributed by atoms with Gasteiger partial charge in [0.15, 0.2) is 0 Å². The second kappa shape index (κ2) is 6.10. The minimum absolute atomic E-state index is 0.0714. The summed E-state index contributed by atoms with van der Waals surface area (Å²) in [4.78, 5) is 0. The quantitative estimate of drug-likeness (QED) is 0.844. The third-order valence-electron chi connectivity index (χ3n) is 2.81. The highest BCUT2D eigenvalue weighted by atomic mass is 35.5. The lowest BCUT2D eigenvalue weighted by molar-refractivity contribution is 0.625. The van der Waals surface area contributed by atoms with Crippen LogP contribution in [0.3, 0.4) is 0 Å². The molecule has 2 N–H and O–H groups in total. The van der Waals surface area contributed by atoms with Crippen LogP contribution in [0.1, 0.15) is 17.2 Å². The largest absolute Gasteiger partial charge is 0.324 e. The van der Waals surface area contributed by atoms with Crippen LogP contribution in [0.25, 0.3) is 0 Å². The molecule has 0 bridgehead atoms. The number of hydrogen-bond donors (Lipinski definition) is 1. The summed E-state index contributed by atoms with van der Waals surface area (Å²) in [5, 5.41) is 1.06. The molecule has 0 aromatic heterocycles. The second-order valence-corrected chi connectivity index (χ2v) is 5.45. The molecular weight excluding hydrogens is 308 g/mol. The average Bonchev–Trinajstić information content (AvgIpc) is 2.37. The highest BCUT2D eigenvalue weighted by Gasteiger charge is 2.10. The van der Waals surface area contributed by atoms with Gasteiger partial charge in [-0.25, -0.2) is 4.39 Å². The Bertz CT molecular complexity index is 601. The fraction of sp³-hybridized carbons (Fsp3) is 0.143. The maximum atomic E-state index is 13.1. The van der Waals surface area contributed by atoms with Crippen molar-refractivity contribution in [2.75, 3.05) is 0 Å². The predicted octanol–water partition coefficient (Wildman–Crippen LogP) is 5.03. The molecule has 0 saturated heterocycles. The smallest absolute Gasteiger partial charge is 0.141 e. The Morgan fingerprint density at radius 3 is 2.32 bits per heavy atom. The van der Waals surface area contributed by atoms with Crippen molar-refractivity contribution in [1.29, 1.82) is 0 Å². The highest BCUT2D eigenvalue weighted by Crippen LogP contribution is 2.26. The molecule has 0 aliphatic rings. The van der Waals surface area contributed by atoms with Crippen molar-refractivity contribution >= 4 is 34.8 Å². The Labute approximate surface area is 126 Å². The van der Waals surface area contributed by atoms with Gasteiger partial charge >= 0.3 is 0 Å². The van der Waals surface area contributed by atoms with Crippen molar-refractivity contribution in [3.63, 3.8) is 0 Å². The molecule has 0 amide bonds. The van der Waals surface area contributed by atoms with E-state index >= 15 is 0 Å². The van der Waals surface area contributed by atoms with Crippen LogP contribution in [0.15, 0.2) is 36.4 Å². The van der Waals surface area contributed by atoms with Crippen molar-refractivity contribution in [3.05, 3.63) is 68.4 Å². The Hall–Kier alpha value is -0.800. The van der Waals surface area contributed by atoms with E-state index in [1.807, 2.05) is 6.07 Å². The lowest BCUT2D eigenvalue weighted by atomic mass is 10.00. The summed E-state index contributed by atoms with van der Waals surface area (Å²) in [5.74, 6) is -0.452. The van der Waals surface area contributed by atoms with Crippen LogP contribution in [0.4, 0.5) is 4.39 Å². The summed E-state index contributed by atoms with van der Waals surface area (Å²) < 4.78 is 13.1. The minimum Gasteiger partial charge on any atom is -0.324 e. The van der Waals surface area contributed by atoms with E-state index in [4.69, 9.17) is 40.5 Å². The van der Waals surface area contributed by atoms with Crippen molar-refractivity contribution in [3.8, 4) is 0 Å². The van der Waals surface area contributed by atoms with Gasteiger partial charge in [0.25, 0.3) is 0 Å². The summed E-state index contributed by atoms with van der Waals surface area (Å²) in [6.07, 6.45) is 0.568. The van der Waals surface area contributed by atoms with Crippen LogP contribution < -0.4 is 5.73 Å². The van der Waals surface area contributed by atoms with Crippen LogP contribution >= 0.6 is 34.8 Å². The number of nitrogens with two attached hydrogens (primary N) is 1. The average molecular weight is 319 g/mol. The standard InChI is InChI=1S/C14H11Cl3FN/c15-10-3-1-8(5-11(10)16)6-14(19)9-2-4-13(18)12(17)7-9/h1-5,7,14H,6,19H2. The van der Waals surface area contributed by atoms with E-state index in [0.717, 1.165) is 11.1 Å². The van der Waals surface area contributed by atoms with Gasteiger partial charge in [0, 0.05) is 6.04 Å². The van der Waals surface area contributed by atoms with Gasteiger partial charge in [-0.05, 0) is 41.8 Å². The van der Waals surface area contributed by atoms with E-state index in [1.54, 1.807) is 24.3 Å². The SMILES string of the molecule is NC(Cc1ccc(Cl)c(Cl)c1)c1ccc(F)c(Cl)c1. The van der Waals surface area contributed by atoms with Crippen LogP contribution in [0.2, 0.25) is 15.1 Å². The fourth-order valence-corrected chi connectivity index (χ4v) is 2.29. The molecule has 1 unspecified atom stereocenters. The molecule has 1 nitrogen and oxygen atoms in total. The molecule has 1 atom stereocenters. The Kier molecular flexibility index (Phi) is 4.69. The van der Waals surface area contributed by atoms with Crippen LogP contribution in [0.5, 0.6) is 0 Å². The number of halogens is 4. The minimum atomic E-state index is -0.452. The van der Waals surface area contributed by atoms with Gasteiger partial charge in [-0.1, -0.05) is 46.9 Å². The van der Waals surface area contributed by atoms with Crippen molar-refractivity contribution < 1.29 is 4.39 Å². The first-order chi connectivity index (χ1) is 8.97. The summed E-state index contributed by atoms with van der Waals surface area (Å²) >= 11 is 17.5. The first kappa shape index (κ1) is 14.6. The summed E-state index contributed by atoms with van der Waals surface area (Å²) in [7, 11) is 0. The zero-order valence-electron chi connectivity index (χ0n) is 9.84.